The van der Waals surface area contributed by atoms with Crippen LogP contribution < -0.4 is 4.74 Å². The monoisotopic (exact) mass is 362 g/mol. The zero-order chi connectivity index (χ0) is 18.6. The fourth-order valence-corrected chi connectivity index (χ4v) is 3.56. The average Bonchev–Trinajstić information content (AvgIpc) is 3.38. The quantitative estimate of drug-likeness (QED) is 0.700. The summed E-state index contributed by atoms with van der Waals surface area (Å²) in [5.74, 6) is 2.15. The van der Waals surface area contributed by atoms with Crippen LogP contribution in [-0.2, 0) is 6.42 Å². The summed E-state index contributed by atoms with van der Waals surface area (Å²) >= 11 is 0. The van der Waals surface area contributed by atoms with Gasteiger partial charge in [0.1, 0.15) is 17.9 Å². The Morgan fingerprint density at radius 2 is 1.93 bits per heavy atom. The molecule has 1 aliphatic rings. The van der Waals surface area contributed by atoms with Gasteiger partial charge < -0.3 is 9.64 Å². The van der Waals surface area contributed by atoms with E-state index in [1.807, 2.05) is 64.1 Å². The van der Waals surface area contributed by atoms with Crippen molar-refractivity contribution in [2.45, 2.75) is 12.8 Å². The van der Waals surface area contributed by atoms with Crippen LogP contribution in [-0.4, -0.2) is 45.8 Å². The number of likely N-dealkylation sites (tertiary alicyclic amines) is 1. The average molecular weight is 362 g/mol. The van der Waals surface area contributed by atoms with E-state index < -0.39 is 0 Å². The summed E-state index contributed by atoms with van der Waals surface area (Å²) in [5, 5.41) is 8.38. The number of carbonyl (C=O) groups excluding carboxylic acids is 1. The van der Waals surface area contributed by atoms with Crippen LogP contribution in [0.5, 0.6) is 5.75 Å². The Morgan fingerprint density at radius 3 is 2.67 bits per heavy atom. The van der Waals surface area contributed by atoms with Crippen LogP contribution in [0, 0.1) is 5.92 Å². The Bertz CT molecular complexity index is 905. The molecule has 0 spiro atoms. The van der Waals surface area contributed by atoms with E-state index in [9.17, 15) is 4.79 Å². The molecule has 0 radical (unpaired) electrons. The molecule has 1 unspecified atom stereocenters. The van der Waals surface area contributed by atoms with E-state index in [1.165, 1.54) is 0 Å². The molecule has 0 aliphatic carbocycles. The lowest BCUT2D eigenvalue weighted by Crippen LogP contribution is -2.29. The fraction of sp³-hybridized carbons (Fsp3) is 0.286. The first kappa shape index (κ1) is 17.3. The molecule has 0 N–H and O–H groups in total. The molecule has 1 aliphatic heterocycles. The zero-order valence-corrected chi connectivity index (χ0v) is 15.3. The Kier molecular flexibility index (Phi) is 4.87. The van der Waals surface area contributed by atoms with Crippen molar-refractivity contribution in [2.24, 2.45) is 5.92 Å². The van der Waals surface area contributed by atoms with E-state index in [0.717, 1.165) is 43.2 Å². The van der Waals surface area contributed by atoms with Gasteiger partial charge in [-0.15, -0.1) is 10.2 Å². The third kappa shape index (κ3) is 3.69. The molecule has 2 aromatic carbocycles. The third-order valence-electron chi connectivity index (χ3n) is 5.03. The molecule has 6 nitrogen and oxygen atoms in total. The zero-order valence-electron chi connectivity index (χ0n) is 15.3. The van der Waals surface area contributed by atoms with E-state index in [0.29, 0.717) is 11.5 Å². The Morgan fingerprint density at radius 1 is 1.15 bits per heavy atom. The van der Waals surface area contributed by atoms with Crippen molar-refractivity contribution in [3.05, 3.63) is 72.3 Å². The molecule has 4 rings (SSSR count). The molecule has 1 fully saturated rings. The fourth-order valence-electron chi connectivity index (χ4n) is 3.56. The summed E-state index contributed by atoms with van der Waals surface area (Å²) in [6.07, 6.45) is 3.53. The molecule has 2 heterocycles. The molecular formula is C21H22N4O2. The van der Waals surface area contributed by atoms with Gasteiger partial charge in [-0.2, -0.15) is 0 Å². The molecule has 27 heavy (non-hydrogen) atoms. The Hall–Kier alpha value is -3.15. The second-order valence-corrected chi connectivity index (χ2v) is 6.79. The van der Waals surface area contributed by atoms with E-state index in [4.69, 9.17) is 4.74 Å². The van der Waals surface area contributed by atoms with Gasteiger partial charge in [-0.25, -0.2) is 0 Å². The summed E-state index contributed by atoms with van der Waals surface area (Å²) in [6.45, 7) is 1.52. The van der Waals surface area contributed by atoms with Crippen molar-refractivity contribution in [2.75, 3.05) is 20.2 Å². The summed E-state index contributed by atoms with van der Waals surface area (Å²) < 4.78 is 7.18. The lowest BCUT2D eigenvalue weighted by atomic mass is 10.0. The van der Waals surface area contributed by atoms with Crippen molar-refractivity contribution in [1.82, 2.24) is 19.7 Å². The number of hydrogen-bond acceptors (Lipinski definition) is 4. The SMILES string of the molecule is COc1ccc(C(=O)N2CCC(Cc3nncn3-c3ccccc3)C2)cc1. The van der Waals surface area contributed by atoms with Crippen LogP contribution in [0.15, 0.2) is 60.9 Å². The van der Waals surface area contributed by atoms with Crippen LogP contribution >= 0.6 is 0 Å². The third-order valence-corrected chi connectivity index (χ3v) is 5.03. The standard InChI is InChI=1S/C21H22N4O2/c1-27-19-9-7-17(8-10-19)21(26)24-12-11-16(14-24)13-20-23-22-15-25(20)18-5-3-2-4-6-18/h2-10,15-16H,11-14H2,1H3. The first-order valence-corrected chi connectivity index (χ1v) is 9.12. The lowest BCUT2D eigenvalue weighted by Gasteiger charge is -2.17. The maximum absolute atomic E-state index is 12.7. The minimum atomic E-state index is 0.0738. The van der Waals surface area contributed by atoms with Gasteiger partial charge in [0.05, 0.1) is 7.11 Å². The van der Waals surface area contributed by atoms with E-state index in [-0.39, 0.29) is 5.91 Å². The van der Waals surface area contributed by atoms with Crippen molar-refractivity contribution >= 4 is 5.91 Å². The maximum Gasteiger partial charge on any atom is 0.253 e. The summed E-state index contributed by atoms with van der Waals surface area (Å²) in [4.78, 5) is 14.7. The van der Waals surface area contributed by atoms with E-state index in [2.05, 4.69) is 10.2 Å². The van der Waals surface area contributed by atoms with Crippen LogP contribution in [0.1, 0.15) is 22.6 Å². The molecule has 1 atom stereocenters. The number of methoxy groups -OCH3 is 1. The van der Waals surface area contributed by atoms with Crippen molar-refractivity contribution in [3.8, 4) is 11.4 Å². The number of para-hydroxylation sites is 1. The van der Waals surface area contributed by atoms with Crippen molar-refractivity contribution in [3.63, 3.8) is 0 Å². The van der Waals surface area contributed by atoms with E-state index >= 15 is 0 Å². The van der Waals surface area contributed by atoms with Gasteiger partial charge in [0.15, 0.2) is 0 Å². The summed E-state index contributed by atoms with van der Waals surface area (Å²) in [5.41, 5.74) is 1.76. The van der Waals surface area contributed by atoms with Crippen molar-refractivity contribution in [1.29, 1.82) is 0 Å². The van der Waals surface area contributed by atoms with Gasteiger partial charge in [-0.1, -0.05) is 18.2 Å². The van der Waals surface area contributed by atoms with Gasteiger partial charge in [-0.05, 0) is 48.7 Å². The largest absolute Gasteiger partial charge is 0.497 e. The number of nitrogens with zero attached hydrogens (tertiary/aromatic N) is 4. The second kappa shape index (κ2) is 7.61. The van der Waals surface area contributed by atoms with Gasteiger partial charge in [0.2, 0.25) is 0 Å². The van der Waals surface area contributed by atoms with Crippen LogP contribution in [0.2, 0.25) is 0 Å². The van der Waals surface area contributed by atoms with Crippen LogP contribution in [0.4, 0.5) is 0 Å². The molecule has 138 valence electrons. The first-order chi connectivity index (χ1) is 13.2. The molecule has 0 saturated carbocycles. The molecular weight excluding hydrogens is 340 g/mol. The summed E-state index contributed by atoms with van der Waals surface area (Å²) in [7, 11) is 1.62. The highest BCUT2D eigenvalue weighted by molar-refractivity contribution is 5.94. The van der Waals surface area contributed by atoms with Gasteiger partial charge in [0.25, 0.3) is 5.91 Å². The van der Waals surface area contributed by atoms with Crippen LogP contribution in [0.25, 0.3) is 5.69 Å². The normalized spacial score (nSPS) is 16.5. The topological polar surface area (TPSA) is 60.2 Å². The maximum atomic E-state index is 12.7. The lowest BCUT2D eigenvalue weighted by molar-refractivity contribution is 0.0787. The number of ether oxygens (including phenoxy) is 1. The number of rotatable bonds is 5. The minimum absolute atomic E-state index is 0.0738. The highest BCUT2D eigenvalue weighted by Crippen LogP contribution is 2.23. The molecule has 1 amide bonds. The molecule has 6 heteroatoms. The predicted octanol–water partition coefficient (Wildman–Crippen LogP) is 2.98. The molecule has 3 aromatic rings. The highest BCUT2D eigenvalue weighted by atomic mass is 16.5. The number of carbonyl (C=O) groups is 1. The first-order valence-electron chi connectivity index (χ1n) is 9.12. The van der Waals surface area contributed by atoms with Gasteiger partial charge in [-0.3, -0.25) is 9.36 Å². The molecule has 0 bridgehead atoms. The summed E-state index contributed by atoms with van der Waals surface area (Å²) in [6, 6.07) is 17.4. The second-order valence-electron chi connectivity index (χ2n) is 6.79. The smallest absolute Gasteiger partial charge is 0.253 e. The number of benzene rings is 2. The van der Waals surface area contributed by atoms with Gasteiger partial charge >= 0.3 is 0 Å². The molecule has 1 aromatic heterocycles. The van der Waals surface area contributed by atoms with Gasteiger partial charge in [0, 0.05) is 30.8 Å². The number of hydrogen-bond donors (Lipinski definition) is 0. The minimum Gasteiger partial charge on any atom is -0.497 e. The van der Waals surface area contributed by atoms with Crippen LogP contribution in [0.3, 0.4) is 0 Å². The highest BCUT2D eigenvalue weighted by Gasteiger charge is 2.28. The molecule has 1 saturated heterocycles. The van der Waals surface area contributed by atoms with E-state index in [1.54, 1.807) is 13.4 Å². The number of amides is 1. The Labute approximate surface area is 158 Å². The Balaban J connectivity index is 1.42. The predicted molar refractivity (Wildman–Crippen MR) is 102 cm³/mol. The number of aromatic nitrogens is 3. The van der Waals surface area contributed by atoms with Crippen molar-refractivity contribution < 1.29 is 9.53 Å².